The van der Waals surface area contributed by atoms with Gasteiger partial charge in [-0.1, -0.05) is 12.1 Å². The van der Waals surface area contributed by atoms with Gasteiger partial charge in [0.25, 0.3) is 5.91 Å². The van der Waals surface area contributed by atoms with Crippen molar-refractivity contribution in [1.82, 2.24) is 19.8 Å². The lowest BCUT2D eigenvalue weighted by molar-refractivity contribution is -0.139. The zero-order chi connectivity index (χ0) is 21.1. The monoisotopic (exact) mass is 409 g/mol. The molecule has 2 aromatic carbocycles. The highest BCUT2D eigenvalue weighted by molar-refractivity contribution is 5.87. The molecule has 4 rings (SSSR count). The van der Waals surface area contributed by atoms with Gasteiger partial charge >= 0.3 is 0 Å². The van der Waals surface area contributed by atoms with Crippen LogP contribution in [0.25, 0.3) is 10.9 Å². The van der Waals surface area contributed by atoms with Crippen LogP contribution in [-0.4, -0.2) is 58.0 Å². The number of rotatable bonds is 5. The van der Waals surface area contributed by atoms with E-state index in [4.69, 9.17) is 10.5 Å². The van der Waals surface area contributed by atoms with Gasteiger partial charge in [0.05, 0.1) is 12.1 Å². The molecule has 1 aliphatic rings. The van der Waals surface area contributed by atoms with Gasteiger partial charge in [0.15, 0.2) is 6.10 Å². The van der Waals surface area contributed by atoms with Crippen molar-refractivity contribution in [3.05, 3.63) is 60.2 Å². The number of carbonyl (C=O) groups is 1. The number of para-hydroxylation sites is 1. The van der Waals surface area contributed by atoms with Crippen LogP contribution >= 0.6 is 0 Å². The van der Waals surface area contributed by atoms with E-state index in [9.17, 15) is 9.18 Å². The SMILES string of the molecule is C[C@@H](Oc1ccc(F)cc1)C(=O)N1CCN(Cc2nc(N)c3ccccc3n2)CC1. The molecular formula is C22H24FN5O2. The Morgan fingerprint density at radius 2 is 1.80 bits per heavy atom. The van der Waals surface area contributed by atoms with E-state index in [0.29, 0.717) is 50.1 Å². The minimum absolute atomic E-state index is 0.0785. The minimum Gasteiger partial charge on any atom is -0.481 e. The van der Waals surface area contributed by atoms with Crippen molar-refractivity contribution in [3.63, 3.8) is 0 Å². The van der Waals surface area contributed by atoms with Crippen LogP contribution in [0.5, 0.6) is 5.75 Å². The van der Waals surface area contributed by atoms with Crippen molar-refractivity contribution in [2.75, 3.05) is 31.9 Å². The molecule has 0 saturated carbocycles. The second-order valence-electron chi connectivity index (χ2n) is 7.36. The van der Waals surface area contributed by atoms with E-state index >= 15 is 0 Å². The van der Waals surface area contributed by atoms with Crippen molar-refractivity contribution >= 4 is 22.6 Å². The molecule has 7 nitrogen and oxygen atoms in total. The summed E-state index contributed by atoms with van der Waals surface area (Å²) in [6.45, 7) is 4.91. The molecule has 8 heteroatoms. The molecule has 1 saturated heterocycles. The summed E-state index contributed by atoms with van der Waals surface area (Å²) < 4.78 is 18.7. The van der Waals surface area contributed by atoms with Crippen LogP contribution in [0.1, 0.15) is 12.7 Å². The van der Waals surface area contributed by atoms with Crippen LogP contribution in [0, 0.1) is 5.82 Å². The summed E-state index contributed by atoms with van der Waals surface area (Å²) in [6, 6.07) is 13.3. The number of anilines is 1. The molecule has 156 valence electrons. The summed E-state index contributed by atoms with van der Waals surface area (Å²) in [5.41, 5.74) is 6.91. The molecule has 1 fully saturated rings. The first-order chi connectivity index (χ1) is 14.5. The topological polar surface area (TPSA) is 84.6 Å². The Morgan fingerprint density at radius 3 is 2.53 bits per heavy atom. The molecule has 0 radical (unpaired) electrons. The fourth-order valence-corrected chi connectivity index (χ4v) is 3.57. The van der Waals surface area contributed by atoms with Crippen LogP contribution < -0.4 is 10.5 Å². The Morgan fingerprint density at radius 1 is 1.10 bits per heavy atom. The summed E-state index contributed by atoms with van der Waals surface area (Å²) in [7, 11) is 0. The number of piperazine rings is 1. The molecule has 3 aromatic rings. The number of hydrogen-bond donors (Lipinski definition) is 1. The van der Waals surface area contributed by atoms with Gasteiger partial charge in [0.2, 0.25) is 0 Å². The van der Waals surface area contributed by atoms with Crippen LogP contribution in [0.15, 0.2) is 48.5 Å². The standard InChI is InChI=1S/C22H24FN5O2/c1-15(30-17-8-6-16(23)7-9-17)22(29)28-12-10-27(11-13-28)14-20-25-19-5-3-2-4-18(19)21(24)26-20/h2-9,15H,10-14H2,1H3,(H2,24,25,26)/t15-/m1/s1. The first-order valence-electron chi connectivity index (χ1n) is 9.94. The highest BCUT2D eigenvalue weighted by atomic mass is 19.1. The molecular weight excluding hydrogens is 385 g/mol. The molecule has 30 heavy (non-hydrogen) atoms. The summed E-state index contributed by atoms with van der Waals surface area (Å²) >= 11 is 0. The molecule has 1 atom stereocenters. The van der Waals surface area contributed by atoms with E-state index in [1.807, 2.05) is 24.3 Å². The van der Waals surface area contributed by atoms with Crippen molar-refractivity contribution in [3.8, 4) is 5.75 Å². The molecule has 0 spiro atoms. The smallest absolute Gasteiger partial charge is 0.263 e. The number of amides is 1. The zero-order valence-electron chi connectivity index (χ0n) is 16.8. The zero-order valence-corrected chi connectivity index (χ0v) is 16.8. The summed E-state index contributed by atoms with van der Waals surface area (Å²) in [4.78, 5) is 25.7. The lowest BCUT2D eigenvalue weighted by Crippen LogP contribution is -2.51. The van der Waals surface area contributed by atoms with E-state index in [1.54, 1.807) is 11.8 Å². The minimum atomic E-state index is -0.634. The van der Waals surface area contributed by atoms with Gasteiger partial charge in [-0.25, -0.2) is 14.4 Å². The van der Waals surface area contributed by atoms with E-state index in [1.165, 1.54) is 24.3 Å². The highest BCUT2D eigenvalue weighted by Crippen LogP contribution is 2.19. The maximum Gasteiger partial charge on any atom is 0.263 e. The number of halogens is 1. The number of benzene rings is 2. The van der Waals surface area contributed by atoms with Gasteiger partial charge in [-0.3, -0.25) is 9.69 Å². The largest absolute Gasteiger partial charge is 0.481 e. The Hall–Kier alpha value is -3.26. The molecule has 2 N–H and O–H groups in total. The molecule has 0 unspecified atom stereocenters. The number of nitrogens with two attached hydrogens (primary N) is 1. The number of carbonyl (C=O) groups excluding carboxylic acids is 1. The summed E-state index contributed by atoms with van der Waals surface area (Å²) in [5.74, 6) is 1.22. The molecule has 1 amide bonds. The third-order valence-corrected chi connectivity index (χ3v) is 5.20. The highest BCUT2D eigenvalue weighted by Gasteiger charge is 2.26. The number of fused-ring (bicyclic) bond motifs is 1. The van der Waals surface area contributed by atoms with Gasteiger partial charge in [-0.2, -0.15) is 0 Å². The molecule has 1 aliphatic heterocycles. The average molecular weight is 409 g/mol. The van der Waals surface area contributed by atoms with Crippen LogP contribution in [0.3, 0.4) is 0 Å². The van der Waals surface area contributed by atoms with Crippen molar-refractivity contribution in [1.29, 1.82) is 0 Å². The van der Waals surface area contributed by atoms with Gasteiger partial charge < -0.3 is 15.4 Å². The van der Waals surface area contributed by atoms with Gasteiger partial charge in [-0.05, 0) is 43.3 Å². The molecule has 0 bridgehead atoms. The maximum atomic E-state index is 13.0. The number of nitrogens with zero attached hydrogens (tertiary/aromatic N) is 4. The Bertz CT molecular complexity index is 1040. The van der Waals surface area contributed by atoms with Crippen LogP contribution in [0.2, 0.25) is 0 Å². The summed E-state index contributed by atoms with van der Waals surface area (Å²) in [5, 5.41) is 0.854. The second kappa shape index (κ2) is 8.62. The molecule has 0 aliphatic carbocycles. The first-order valence-corrected chi connectivity index (χ1v) is 9.94. The third kappa shape index (κ3) is 4.49. The fourth-order valence-electron chi connectivity index (χ4n) is 3.57. The Labute approximate surface area is 174 Å². The molecule has 1 aromatic heterocycles. The number of aromatic nitrogens is 2. The summed E-state index contributed by atoms with van der Waals surface area (Å²) in [6.07, 6.45) is -0.634. The fraction of sp³-hybridized carbons (Fsp3) is 0.318. The predicted molar refractivity (Wildman–Crippen MR) is 112 cm³/mol. The van der Waals surface area contributed by atoms with Gasteiger partial charge in [0, 0.05) is 31.6 Å². The quantitative estimate of drug-likeness (QED) is 0.697. The number of ether oxygens (including phenoxy) is 1. The van der Waals surface area contributed by atoms with Crippen molar-refractivity contribution < 1.29 is 13.9 Å². The van der Waals surface area contributed by atoms with Crippen LogP contribution in [0.4, 0.5) is 10.2 Å². The van der Waals surface area contributed by atoms with Crippen molar-refractivity contribution in [2.45, 2.75) is 19.6 Å². The maximum absolute atomic E-state index is 13.0. The van der Waals surface area contributed by atoms with Crippen molar-refractivity contribution in [2.24, 2.45) is 0 Å². The third-order valence-electron chi connectivity index (χ3n) is 5.20. The lowest BCUT2D eigenvalue weighted by atomic mass is 10.2. The Kier molecular flexibility index (Phi) is 5.76. The first kappa shape index (κ1) is 20.0. The van der Waals surface area contributed by atoms with Gasteiger partial charge in [0.1, 0.15) is 23.2 Å². The molecule has 2 heterocycles. The number of nitrogen functional groups attached to an aromatic ring is 1. The second-order valence-corrected chi connectivity index (χ2v) is 7.36. The van der Waals surface area contributed by atoms with E-state index < -0.39 is 6.10 Å². The number of hydrogen-bond acceptors (Lipinski definition) is 6. The average Bonchev–Trinajstić information content (AvgIpc) is 2.75. The van der Waals surface area contributed by atoms with E-state index in [0.717, 1.165) is 10.9 Å². The van der Waals surface area contributed by atoms with Gasteiger partial charge in [-0.15, -0.1) is 0 Å². The predicted octanol–water partition coefficient (Wildman–Crippen LogP) is 2.46. The van der Waals surface area contributed by atoms with Crippen LogP contribution in [-0.2, 0) is 11.3 Å². The Balaban J connectivity index is 1.32. The van der Waals surface area contributed by atoms with E-state index in [-0.39, 0.29) is 11.7 Å². The lowest BCUT2D eigenvalue weighted by Gasteiger charge is -2.35. The normalized spacial score (nSPS) is 15.9. The van der Waals surface area contributed by atoms with E-state index in [2.05, 4.69) is 14.9 Å².